The van der Waals surface area contributed by atoms with Crippen LogP contribution < -0.4 is 0 Å². The summed E-state index contributed by atoms with van der Waals surface area (Å²) in [4.78, 5) is 2.96. The third kappa shape index (κ3) is 2.45. The second-order valence-corrected chi connectivity index (χ2v) is 3.92. The van der Waals surface area contributed by atoms with E-state index in [1.807, 2.05) is 4.57 Å². The highest BCUT2D eigenvalue weighted by atomic mass is 32.1. The van der Waals surface area contributed by atoms with Gasteiger partial charge in [-0.15, -0.1) is 0 Å². The zero-order chi connectivity index (χ0) is 10.6. The lowest BCUT2D eigenvalue weighted by Crippen LogP contribution is -2.11. The summed E-state index contributed by atoms with van der Waals surface area (Å²) in [6.45, 7) is 5.32. The number of hydrogen-bond donors (Lipinski definition) is 2. The zero-order valence-electron chi connectivity index (χ0n) is 8.79. The molecule has 0 unspecified atom stereocenters. The predicted molar refractivity (Wildman–Crippen MR) is 59.6 cm³/mol. The molecule has 0 bridgehead atoms. The molecule has 0 saturated heterocycles. The lowest BCUT2D eigenvalue weighted by Gasteiger charge is -2.14. The molecule has 2 N–H and O–H groups in total. The van der Waals surface area contributed by atoms with Crippen molar-refractivity contribution in [2.45, 2.75) is 39.8 Å². The highest BCUT2D eigenvalue weighted by Gasteiger charge is 2.08. The van der Waals surface area contributed by atoms with Gasteiger partial charge < -0.3 is 14.7 Å². The summed E-state index contributed by atoms with van der Waals surface area (Å²) in [5, 5.41) is 9.10. The topological polar surface area (TPSA) is 41.0 Å². The van der Waals surface area contributed by atoms with Gasteiger partial charge in [0.25, 0.3) is 0 Å². The van der Waals surface area contributed by atoms with E-state index in [9.17, 15) is 0 Å². The van der Waals surface area contributed by atoms with Crippen LogP contribution in [0.25, 0.3) is 0 Å². The van der Waals surface area contributed by atoms with E-state index in [0.717, 1.165) is 25.1 Å². The number of aliphatic hydroxyl groups is 1. The van der Waals surface area contributed by atoms with Gasteiger partial charge in [0.2, 0.25) is 0 Å². The third-order valence-corrected chi connectivity index (χ3v) is 3.05. The fourth-order valence-electron chi connectivity index (χ4n) is 1.57. The van der Waals surface area contributed by atoms with Crippen molar-refractivity contribution in [2.24, 2.45) is 5.92 Å². The lowest BCUT2D eigenvalue weighted by atomic mass is 10.0. The van der Waals surface area contributed by atoms with Gasteiger partial charge >= 0.3 is 0 Å². The summed E-state index contributed by atoms with van der Waals surface area (Å²) in [5.41, 5.74) is 0.877. The van der Waals surface area contributed by atoms with Gasteiger partial charge in [-0.05, 0) is 18.1 Å². The van der Waals surface area contributed by atoms with E-state index < -0.39 is 0 Å². The van der Waals surface area contributed by atoms with Crippen molar-refractivity contribution in [1.82, 2.24) is 9.55 Å². The first-order chi connectivity index (χ1) is 6.72. The van der Waals surface area contributed by atoms with Gasteiger partial charge in [0, 0.05) is 12.7 Å². The van der Waals surface area contributed by atoms with Crippen LogP contribution in [0.4, 0.5) is 0 Å². The second kappa shape index (κ2) is 5.32. The number of nitrogens with one attached hydrogen (secondary N) is 1. The molecule has 0 aromatic carbocycles. The molecule has 1 aromatic heterocycles. The van der Waals surface area contributed by atoms with Crippen LogP contribution in [0.1, 0.15) is 32.4 Å². The highest BCUT2D eigenvalue weighted by molar-refractivity contribution is 7.71. The lowest BCUT2D eigenvalue weighted by molar-refractivity contribution is 0.265. The van der Waals surface area contributed by atoms with Crippen LogP contribution in [0.5, 0.6) is 0 Å². The minimum atomic E-state index is 0.0489. The van der Waals surface area contributed by atoms with Gasteiger partial charge in [-0.2, -0.15) is 0 Å². The minimum Gasteiger partial charge on any atom is -0.390 e. The molecule has 0 atom stereocenters. The summed E-state index contributed by atoms with van der Waals surface area (Å²) < 4.78 is 2.70. The number of H-pyrrole nitrogens is 1. The molecule has 0 radical (unpaired) electrons. The predicted octanol–water partition coefficient (Wildman–Crippen LogP) is 2.47. The van der Waals surface area contributed by atoms with E-state index in [4.69, 9.17) is 17.3 Å². The molecule has 3 nitrogen and oxygen atoms in total. The van der Waals surface area contributed by atoms with E-state index in [0.29, 0.717) is 10.7 Å². The Morgan fingerprint density at radius 1 is 1.50 bits per heavy atom. The van der Waals surface area contributed by atoms with E-state index in [1.54, 1.807) is 6.20 Å². The summed E-state index contributed by atoms with van der Waals surface area (Å²) in [5.74, 6) is 0.641. The van der Waals surface area contributed by atoms with Crippen molar-refractivity contribution in [3.05, 3.63) is 16.7 Å². The number of nitrogens with zero attached hydrogens (tertiary/aromatic N) is 1. The number of aromatic amines is 1. The van der Waals surface area contributed by atoms with Crippen LogP contribution >= 0.6 is 12.2 Å². The molecule has 0 aliphatic rings. The van der Waals surface area contributed by atoms with Gasteiger partial charge in [-0.25, -0.2) is 0 Å². The summed E-state index contributed by atoms with van der Waals surface area (Å²) in [6.07, 6.45) is 4.08. The SMILES string of the molecule is CCC(CC)Cn1c(CO)c[nH]c1=S. The molecule has 1 aromatic rings. The molecule has 1 rings (SSSR count). The van der Waals surface area contributed by atoms with Crippen molar-refractivity contribution in [2.75, 3.05) is 0 Å². The zero-order valence-corrected chi connectivity index (χ0v) is 9.60. The molecule has 0 spiro atoms. The Morgan fingerprint density at radius 2 is 2.14 bits per heavy atom. The Morgan fingerprint density at radius 3 is 2.64 bits per heavy atom. The van der Waals surface area contributed by atoms with Crippen LogP contribution in [0, 0.1) is 10.7 Å². The molecular weight excluding hydrogens is 196 g/mol. The van der Waals surface area contributed by atoms with E-state index in [-0.39, 0.29) is 6.61 Å². The monoisotopic (exact) mass is 214 g/mol. The molecule has 80 valence electrons. The van der Waals surface area contributed by atoms with Gasteiger partial charge in [-0.3, -0.25) is 0 Å². The van der Waals surface area contributed by atoms with Crippen molar-refractivity contribution < 1.29 is 5.11 Å². The average Bonchev–Trinajstić information content (AvgIpc) is 2.56. The summed E-state index contributed by atoms with van der Waals surface area (Å²) in [7, 11) is 0. The first-order valence-electron chi connectivity index (χ1n) is 5.10. The number of aliphatic hydroxyl groups excluding tert-OH is 1. The van der Waals surface area contributed by atoms with Crippen LogP contribution in [-0.4, -0.2) is 14.7 Å². The Labute approximate surface area is 89.8 Å². The Bertz CT molecular complexity index is 325. The fourth-order valence-corrected chi connectivity index (χ4v) is 1.82. The quantitative estimate of drug-likeness (QED) is 0.739. The minimum absolute atomic E-state index is 0.0489. The summed E-state index contributed by atoms with van der Waals surface area (Å²) >= 11 is 5.15. The van der Waals surface area contributed by atoms with Crippen LogP contribution in [-0.2, 0) is 13.2 Å². The smallest absolute Gasteiger partial charge is 0.177 e. The van der Waals surface area contributed by atoms with E-state index in [2.05, 4.69) is 18.8 Å². The molecule has 1 heterocycles. The second-order valence-electron chi connectivity index (χ2n) is 3.54. The van der Waals surface area contributed by atoms with Crippen LogP contribution in [0.15, 0.2) is 6.20 Å². The first kappa shape index (κ1) is 11.5. The normalized spacial score (nSPS) is 11.1. The number of aromatic nitrogens is 2. The molecule has 0 fully saturated rings. The van der Waals surface area contributed by atoms with Gasteiger partial charge in [0.1, 0.15) is 0 Å². The van der Waals surface area contributed by atoms with Crippen molar-refractivity contribution in [3.8, 4) is 0 Å². The standard InChI is InChI=1S/C10H18N2OS/c1-3-8(4-2)6-12-9(7-13)5-11-10(12)14/h5,8,13H,3-4,6-7H2,1-2H3,(H,11,14). The molecule has 0 aliphatic carbocycles. The van der Waals surface area contributed by atoms with Crippen molar-refractivity contribution in [3.63, 3.8) is 0 Å². The van der Waals surface area contributed by atoms with Gasteiger partial charge in [0.15, 0.2) is 4.77 Å². The molecule has 14 heavy (non-hydrogen) atoms. The largest absolute Gasteiger partial charge is 0.390 e. The third-order valence-electron chi connectivity index (χ3n) is 2.71. The van der Waals surface area contributed by atoms with Crippen molar-refractivity contribution in [1.29, 1.82) is 0 Å². The summed E-state index contributed by atoms with van der Waals surface area (Å²) in [6, 6.07) is 0. The molecular formula is C10H18N2OS. The van der Waals surface area contributed by atoms with Crippen LogP contribution in [0.3, 0.4) is 0 Å². The Kier molecular flexibility index (Phi) is 4.35. The number of rotatable bonds is 5. The fraction of sp³-hybridized carbons (Fsp3) is 0.700. The maximum atomic E-state index is 9.10. The highest BCUT2D eigenvalue weighted by Crippen LogP contribution is 2.13. The van der Waals surface area contributed by atoms with Gasteiger partial charge in [0.05, 0.1) is 12.3 Å². The first-order valence-corrected chi connectivity index (χ1v) is 5.51. The number of imidazole rings is 1. The number of hydrogen-bond acceptors (Lipinski definition) is 2. The van der Waals surface area contributed by atoms with E-state index in [1.165, 1.54) is 0 Å². The van der Waals surface area contributed by atoms with Crippen LogP contribution in [0.2, 0.25) is 0 Å². The molecule has 4 heteroatoms. The Hall–Kier alpha value is -0.610. The maximum Gasteiger partial charge on any atom is 0.177 e. The molecule has 0 aliphatic heterocycles. The van der Waals surface area contributed by atoms with Gasteiger partial charge in [-0.1, -0.05) is 26.7 Å². The molecule has 0 amide bonds. The Balaban J connectivity index is 2.83. The average molecular weight is 214 g/mol. The molecule has 0 saturated carbocycles. The van der Waals surface area contributed by atoms with E-state index >= 15 is 0 Å². The van der Waals surface area contributed by atoms with Crippen molar-refractivity contribution >= 4 is 12.2 Å². The maximum absolute atomic E-state index is 9.10.